The molecule has 1 aliphatic rings. The predicted molar refractivity (Wildman–Crippen MR) is 56.9 cm³/mol. The zero-order valence-corrected chi connectivity index (χ0v) is 8.63. The second-order valence-electron chi connectivity index (χ2n) is 4.26. The summed E-state index contributed by atoms with van der Waals surface area (Å²) in [7, 11) is 0. The Hall–Kier alpha value is -1.56. The Kier molecular flexibility index (Phi) is 2.59. The fourth-order valence-corrected chi connectivity index (χ4v) is 1.99. The summed E-state index contributed by atoms with van der Waals surface area (Å²) in [6, 6.07) is 6.75. The smallest absolute Gasteiger partial charge is 0.126 e. The highest BCUT2D eigenvalue weighted by Crippen LogP contribution is 2.29. The van der Waals surface area contributed by atoms with Crippen LogP contribution in [0, 0.1) is 23.1 Å². The number of hydrogen-bond donors (Lipinski definition) is 1. The van der Waals surface area contributed by atoms with Crippen LogP contribution in [0.3, 0.4) is 0 Å². The van der Waals surface area contributed by atoms with Crippen molar-refractivity contribution in [2.24, 2.45) is 5.92 Å². The van der Waals surface area contributed by atoms with Crippen molar-refractivity contribution in [3.05, 3.63) is 29.6 Å². The van der Waals surface area contributed by atoms with E-state index in [2.05, 4.69) is 12.2 Å². The number of hydrogen-bond acceptors (Lipinski definition) is 2. The Balaban J connectivity index is 2.08. The van der Waals surface area contributed by atoms with Crippen LogP contribution in [0.5, 0.6) is 0 Å². The molecule has 0 aliphatic heterocycles. The fraction of sp³-hybridized carbons (Fsp3) is 0.417. The lowest BCUT2D eigenvalue weighted by molar-refractivity contribution is 0.309. The molecule has 0 unspecified atom stereocenters. The highest BCUT2D eigenvalue weighted by molar-refractivity contribution is 5.50. The molecule has 1 fully saturated rings. The van der Waals surface area contributed by atoms with Gasteiger partial charge in [0.1, 0.15) is 5.82 Å². The standard InChI is InChI=1S/C12H13FN2/c1-8-2-11(3-8)15-12-5-9(7-14)4-10(13)6-12/h4-6,8,11,15H,2-3H2,1H3. The number of benzene rings is 1. The van der Waals surface area contributed by atoms with E-state index in [0.29, 0.717) is 17.3 Å². The van der Waals surface area contributed by atoms with E-state index in [0.717, 1.165) is 18.8 Å². The monoisotopic (exact) mass is 204 g/mol. The third-order valence-electron chi connectivity index (χ3n) is 2.77. The average Bonchev–Trinajstić information content (AvgIpc) is 2.14. The van der Waals surface area contributed by atoms with Gasteiger partial charge in [0.2, 0.25) is 0 Å². The normalized spacial score (nSPS) is 24.1. The van der Waals surface area contributed by atoms with Crippen molar-refractivity contribution in [1.82, 2.24) is 0 Å². The van der Waals surface area contributed by atoms with Crippen molar-refractivity contribution in [3.8, 4) is 6.07 Å². The molecule has 1 aromatic rings. The number of nitrogens with zero attached hydrogens (tertiary/aromatic N) is 1. The van der Waals surface area contributed by atoms with E-state index in [1.54, 1.807) is 6.07 Å². The lowest BCUT2D eigenvalue weighted by Gasteiger charge is -2.34. The lowest BCUT2D eigenvalue weighted by atomic mass is 9.82. The number of nitrogens with one attached hydrogen (secondary N) is 1. The van der Waals surface area contributed by atoms with E-state index in [1.165, 1.54) is 12.1 Å². The number of anilines is 1. The van der Waals surface area contributed by atoms with Crippen LogP contribution in [0.4, 0.5) is 10.1 Å². The van der Waals surface area contributed by atoms with Gasteiger partial charge in [-0.15, -0.1) is 0 Å². The summed E-state index contributed by atoms with van der Waals surface area (Å²) in [4.78, 5) is 0. The minimum absolute atomic E-state index is 0.357. The predicted octanol–water partition coefficient (Wildman–Crippen LogP) is 2.91. The maximum atomic E-state index is 13.1. The molecule has 0 saturated heterocycles. The minimum Gasteiger partial charge on any atom is -0.382 e. The molecule has 0 aromatic heterocycles. The van der Waals surface area contributed by atoms with Gasteiger partial charge in [-0.2, -0.15) is 5.26 Å². The zero-order valence-electron chi connectivity index (χ0n) is 8.63. The van der Waals surface area contributed by atoms with Crippen molar-refractivity contribution < 1.29 is 4.39 Å². The molecule has 0 radical (unpaired) electrons. The molecule has 0 amide bonds. The highest BCUT2D eigenvalue weighted by atomic mass is 19.1. The second-order valence-corrected chi connectivity index (χ2v) is 4.26. The Morgan fingerprint density at radius 1 is 1.40 bits per heavy atom. The van der Waals surface area contributed by atoms with Crippen molar-refractivity contribution in [2.45, 2.75) is 25.8 Å². The molecule has 0 atom stereocenters. The molecule has 0 spiro atoms. The van der Waals surface area contributed by atoms with E-state index in [-0.39, 0.29) is 5.82 Å². The van der Waals surface area contributed by atoms with Gasteiger partial charge in [0.15, 0.2) is 0 Å². The fourth-order valence-electron chi connectivity index (χ4n) is 1.99. The first kappa shape index (κ1) is 9.97. The van der Waals surface area contributed by atoms with Crippen LogP contribution in [-0.4, -0.2) is 6.04 Å². The molecule has 3 heteroatoms. The average molecular weight is 204 g/mol. The Labute approximate surface area is 88.7 Å². The maximum Gasteiger partial charge on any atom is 0.126 e. The van der Waals surface area contributed by atoms with E-state index in [9.17, 15) is 4.39 Å². The molecular formula is C12H13FN2. The van der Waals surface area contributed by atoms with Gasteiger partial charge in [0.25, 0.3) is 0 Å². The lowest BCUT2D eigenvalue weighted by Crippen LogP contribution is -2.33. The molecule has 1 saturated carbocycles. The summed E-state index contributed by atoms with van der Waals surface area (Å²) in [6.45, 7) is 2.20. The summed E-state index contributed by atoms with van der Waals surface area (Å²) in [5, 5.41) is 11.9. The van der Waals surface area contributed by atoms with Gasteiger partial charge >= 0.3 is 0 Å². The first-order chi connectivity index (χ1) is 7.17. The molecule has 2 nitrogen and oxygen atoms in total. The summed E-state index contributed by atoms with van der Waals surface area (Å²) in [5.74, 6) is 0.399. The maximum absolute atomic E-state index is 13.1. The van der Waals surface area contributed by atoms with Gasteiger partial charge in [0.05, 0.1) is 11.6 Å². The van der Waals surface area contributed by atoms with Crippen LogP contribution >= 0.6 is 0 Å². The summed E-state index contributed by atoms with van der Waals surface area (Å²) < 4.78 is 13.1. The zero-order chi connectivity index (χ0) is 10.8. The molecule has 1 aromatic carbocycles. The van der Waals surface area contributed by atoms with Gasteiger partial charge in [0, 0.05) is 11.7 Å². The molecule has 15 heavy (non-hydrogen) atoms. The third-order valence-corrected chi connectivity index (χ3v) is 2.77. The molecule has 1 N–H and O–H groups in total. The van der Waals surface area contributed by atoms with Crippen LogP contribution in [0.15, 0.2) is 18.2 Å². The molecular weight excluding hydrogens is 191 g/mol. The van der Waals surface area contributed by atoms with E-state index in [1.807, 2.05) is 6.07 Å². The first-order valence-corrected chi connectivity index (χ1v) is 5.14. The highest BCUT2D eigenvalue weighted by Gasteiger charge is 2.24. The number of halogens is 1. The van der Waals surface area contributed by atoms with E-state index >= 15 is 0 Å². The van der Waals surface area contributed by atoms with E-state index in [4.69, 9.17) is 5.26 Å². The van der Waals surface area contributed by atoms with Gasteiger partial charge in [-0.25, -0.2) is 4.39 Å². The number of rotatable bonds is 2. The van der Waals surface area contributed by atoms with Crippen LogP contribution in [0.1, 0.15) is 25.3 Å². The van der Waals surface area contributed by atoms with E-state index < -0.39 is 0 Å². The number of nitriles is 1. The minimum atomic E-state index is -0.357. The Morgan fingerprint density at radius 3 is 2.73 bits per heavy atom. The summed E-state index contributed by atoms with van der Waals surface area (Å²) in [6.07, 6.45) is 2.25. The second kappa shape index (κ2) is 3.90. The molecule has 2 rings (SSSR count). The van der Waals surface area contributed by atoms with Crippen LogP contribution < -0.4 is 5.32 Å². The topological polar surface area (TPSA) is 35.8 Å². The first-order valence-electron chi connectivity index (χ1n) is 5.14. The summed E-state index contributed by atoms with van der Waals surface area (Å²) in [5.41, 5.74) is 1.08. The summed E-state index contributed by atoms with van der Waals surface area (Å²) >= 11 is 0. The van der Waals surface area contributed by atoms with Crippen LogP contribution in [0.2, 0.25) is 0 Å². The van der Waals surface area contributed by atoms with Gasteiger partial charge in [-0.3, -0.25) is 0 Å². The van der Waals surface area contributed by atoms with Gasteiger partial charge < -0.3 is 5.32 Å². The van der Waals surface area contributed by atoms with Crippen molar-refractivity contribution in [2.75, 3.05) is 5.32 Å². The molecule has 0 heterocycles. The Morgan fingerprint density at radius 2 is 2.13 bits per heavy atom. The molecule has 1 aliphatic carbocycles. The van der Waals surface area contributed by atoms with Gasteiger partial charge in [-0.1, -0.05) is 6.92 Å². The largest absolute Gasteiger partial charge is 0.382 e. The molecule has 0 bridgehead atoms. The SMILES string of the molecule is CC1CC(Nc2cc(F)cc(C#N)c2)C1. The third kappa shape index (κ3) is 2.27. The molecule has 78 valence electrons. The van der Waals surface area contributed by atoms with Crippen LogP contribution in [0.25, 0.3) is 0 Å². The quantitative estimate of drug-likeness (QED) is 0.804. The Bertz CT molecular complexity index is 403. The van der Waals surface area contributed by atoms with Crippen molar-refractivity contribution in [1.29, 1.82) is 5.26 Å². The van der Waals surface area contributed by atoms with Crippen molar-refractivity contribution >= 4 is 5.69 Å². The van der Waals surface area contributed by atoms with Gasteiger partial charge in [-0.05, 0) is 37.0 Å². The van der Waals surface area contributed by atoms with Crippen molar-refractivity contribution in [3.63, 3.8) is 0 Å². The van der Waals surface area contributed by atoms with Crippen LogP contribution in [-0.2, 0) is 0 Å².